The molecule has 1 aliphatic rings. The van der Waals surface area contributed by atoms with Gasteiger partial charge in [-0.1, -0.05) is 24.3 Å². The van der Waals surface area contributed by atoms with Crippen LogP contribution in [0, 0.1) is 0 Å². The molecule has 0 radical (unpaired) electrons. The number of aromatic amines is 1. The third-order valence-electron chi connectivity index (χ3n) is 4.73. The second-order valence-corrected chi connectivity index (χ2v) is 9.22. The number of aromatic nitrogens is 2. The van der Waals surface area contributed by atoms with E-state index in [1.54, 1.807) is 19.1 Å². The smallest absolute Gasteiger partial charge is 0.251 e. The summed E-state index contributed by atoms with van der Waals surface area (Å²) < 4.78 is 23.4. The van der Waals surface area contributed by atoms with Gasteiger partial charge in [0.15, 0.2) is 9.84 Å². The molecule has 26 heavy (non-hydrogen) atoms. The van der Waals surface area contributed by atoms with E-state index in [9.17, 15) is 13.2 Å². The van der Waals surface area contributed by atoms with Crippen LogP contribution in [0.3, 0.4) is 0 Å². The maximum atomic E-state index is 12.5. The van der Waals surface area contributed by atoms with Crippen LogP contribution in [0.5, 0.6) is 0 Å². The number of fused-ring (bicyclic) bond motifs is 1. The Kier molecular flexibility index (Phi) is 3.84. The molecule has 1 aliphatic heterocycles. The molecule has 1 saturated heterocycles. The van der Waals surface area contributed by atoms with Crippen molar-refractivity contribution in [3.63, 3.8) is 0 Å². The molecule has 3 aromatic rings. The highest BCUT2D eigenvalue weighted by molar-refractivity contribution is 7.91. The average molecular weight is 369 g/mol. The van der Waals surface area contributed by atoms with Gasteiger partial charge in [0, 0.05) is 11.1 Å². The Balaban J connectivity index is 1.53. The molecule has 0 aliphatic carbocycles. The number of hydrogen-bond acceptors (Lipinski definition) is 4. The summed E-state index contributed by atoms with van der Waals surface area (Å²) in [7, 11) is -3.06. The second kappa shape index (κ2) is 5.95. The molecule has 1 fully saturated rings. The summed E-state index contributed by atoms with van der Waals surface area (Å²) in [5, 5.41) is 2.87. The van der Waals surface area contributed by atoms with Gasteiger partial charge < -0.3 is 10.3 Å². The van der Waals surface area contributed by atoms with Gasteiger partial charge >= 0.3 is 0 Å². The molecular weight excluding hydrogens is 350 g/mol. The highest BCUT2D eigenvalue weighted by Gasteiger charge is 2.39. The van der Waals surface area contributed by atoms with Crippen LogP contribution in [0.2, 0.25) is 0 Å². The minimum absolute atomic E-state index is 0.0111. The van der Waals surface area contributed by atoms with Crippen molar-refractivity contribution in [3.8, 4) is 11.4 Å². The standard InChI is InChI=1S/C19H19N3O3S/c1-19(10-11-26(24,25)12-19)22-18(23)14-8-6-13(7-9-14)17-20-15-4-2-3-5-16(15)21-17/h2-9H,10-12H2,1H3,(H,20,21)(H,22,23)/t19-/m0/s1. The van der Waals surface area contributed by atoms with Gasteiger partial charge in [-0.2, -0.15) is 0 Å². The Morgan fingerprint density at radius 2 is 1.88 bits per heavy atom. The molecule has 1 amide bonds. The minimum Gasteiger partial charge on any atom is -0.346 e. The first-order chi connectivity index (χ1) is 12.3. The fraction of sp³-hybridized carbons (Fsp3) is 0.263. The molecule has 2 N–H and O–H groups in total. The molecule has 4 rings (SSSR count). The van der Waals surface area contributed by atoms with Crippen LogP contribution in [0.25, 0.3) is 22.4 Å². The van der Waals surface area contributed by atoms with E-state index >= 15 is 0 Å². The number of nitrogens with zero attached hydrogens (tertiary/aromatic N) is 1. The van der Waals surface area contributed by atoms with Gasteiger partial charge in [-0.3, -0.25) is 4.79 Å². The molecular formula is C19H19N3O3S. The predicted octanol–water partition coefficient (Wildman–Crippen LogP) is 2.54. The van der Waals surface area contributed by atoms with Gasteiger partial charge in [-0.05, 0) is 37.6 Å². The van der Waals surface area contributed by atoms with Gasteiger partial charge in [0.1, 0.15) is 5.82 Å². The van der Waals surface area contributed by atoms with Crippen LogP contribution < -0.4 is 5.32 Å². The summed E-state index contributed by atoms with van der Waals surface area (Å²) >= 11 is 0. The van der Waals surface area contributed by atoms with Crippen LogP contribution in [0.4, 0.5) is 0 Å². The van der Waals surface area contributed by atoms with Crippen LogP contribution in [0.15, 0.2) is 48.5 Å². The Hall–Kier alpha value is -2.67. The van der Waals surface area contributed by atoms with Crippen molar-refractivity contribution < 1.29 is 13.2 Å². The van der Waals surface area contributed by atoms with Crippen LogP contribution >= 0.6 is 0 Å². The number of rotatable bonds is 3. The largest absolute Gasteiger partial charge is 0.346 e. The molecule has 2 aromatic carbocycles. The molecule has 1 atom stereocenters. The Morgan fingerprint density at radius 3 is 2.54 bits per heavy atom. The van der Waals surface area contributed by atoms with Gasteiger partial charge in [0.05, 0.1) is 28.1 Å². The Morgan fingerprint density at radius 1 is 1.15 bits per heavy atom. The van der Waals surface area contributed by atoms with Crippen molar-refractivity contribution in [2.24, 2.45) is 0 Å². The number of carbonyl (C=O) groups is 1. The maximum Gasteiger partial charge on any atom is 0.251 e. The van der Waals surface area contributed by atoms with E-state index in [1.165, 1.54) is 0 Å². The molecule has 0 unspecified atom stereocenters. The van der Waals surface area contributed by atoms with E-state index in [1.807, 2.05) is 36.4 Å². The molecule has 0 bridgehead atoms. The topological polar surface area (TPSA) is 91.9 Å². The normalized spacial score (nSPS) is 21.7. The van der Waals surface area contributed by atoms with Crippen molar-refractivity contribution in [1.29, 1.82) is 0 Å². The van der Waals surface area contributed by atoms with Crippen molar-refractivity contribution in [2.75, 3.05) is 11.5 Å². The Labute approximate surface area is 151 Å². The zero-order valence-corrected chi connectivity index (χ0v) is 15.1. The second-order valence-electron chi connectivity index (χ2n) is 7.04. The number of H-pyrrole nitrogens is 1. The number of nitrogens with one attached hydrogen (secondary N) is 2. The lowest BCUT2D eigenvalue weighted by Gasteiger charge is -2.23. The van der Waals surface area contributed by atoms with Gasteiger partial charge in [-0.15, -0.1) is 0 Å². The summed E-state index contributed by atoms with van der Waals surface area (Å²) in [5.74, 6) is 0.588. The zero-order chi connectivity index (χ0) is 18.4. The van der Waals surface area contributed by atoms with Crippen molar-refractivity contribution in [1.82, 2.24) is 15.3 Å². The predicted molar refractivity (Wildman–Crippen MR) is 101 cm³/mol. The van der Waals surface area contributed by atoms with E-state index in [4.69, 9.17) is 0 Å². The van der Waals surface area contributed by atoms with Crippen LogP contribution in [-0.2, 0) is 9.84 Å². The van der Waals surface area contributed by atoms with E-state index in [2.05, 4.69) is 15.3 Å². The number of amides is 1. The number of carbonyl (C=O) groups excluding carboxylic acids is 1. The van der Waals surface area contributed by atoms with Crippen LogP contribution in [-0.4, -0.2) is 41.3 Å². The summed E-state index contributed by atoms with van der Waals surface area (Å²) in [6, 6.07) is 14.9. The summed E-state index contributed by atoms with van der Waals surface area (Å²) in [6.07, 6.45) is 0.443. The lowest BCUT2D eigenvalue weighted by atomic mass is 10.0. The molecule has 0 spiro atoms. The maximum absolute atomic E-state index is 12.5. The first-order valence-electron chi connectivity index (χ1n) is 8.42. The number of sulfone groups is 1. The van der Waals surface area contributed by atoms with E-state index in [0.717, 1.165) is 22.4 Å². The molecule has 134 valence electrons. The minimum atomic E-state index is -3.06. The van der Waals surface area contributed by atoms with E-state index in [-0.39, 0.29) is 17.4 Å². The fourth-order valence-corrected chi connectivity index (χ4v) is 5.42. The first kappa shape index (κ1) is 16.8. The molecule has 6 nitrogen and oxygen atoms in total. The molecule has 7 heteroatoms. The number of imidazole rings is 1. The Bertz CT molecular complexity index is 1050. The van der Waals surface area contributed by atoms with Gasteiger partial charge in [0.25, 0.3) is 5.91 Å². The highest BCUT2D eigenvalue weighted by atomic mass is 32.2. The number of hydrogen-bond donors (Lipinski definition) is 2. The quantitative estimate of drug-likeness (QED) is 0.742. The highest BCUT2D eigenvalue weighted by Crippen LogP contribution is 2.24. The summed E-state index contributed by atoms with van der Waals surface area (Å²) in [5.41, 5.74) is 2.52. The summed E-state index contributed by atoms with van der Waals surface area (Å²) in [6.45, 7) is 1.78. The third-order valence-corrected chi connectivity index (χ3v) is 6.63. The number of benzene rings is 2. The molecule has 1 aromatic heterocycles. The number of para-hydroxylation sites is 2. The molecule has 2 heterocycles. The average Bonchev–Trinajstić information content (AvgIpc) is 3.15. The first-order valence-corrected chi connectivity index (χ1v) is 10.2. The van der Waals surface area contributed by atoms with Gasteiger partial charge in [-0.25, -0.2) is 13.4 Å². The lowest BCUT2D eigenvalue weighted by molar-refractivity contribution is 0.0915. The van der Waals surface area contributed by atoms with E-state index in [0.29, 0.717) is 12.0 Å². The lowest BCUT2D eigenvalue weighted by Crippen LogP contribution is -2.46. The van der Waals surface area contributed by atoms with Gasteiger partial charge in [0.2, 0.25) is 0 Å². The zero-order valence-electron chi connectivity index (χ0n) is 14.3. The van der Waals surface area contributed by atoms with E-state index < -0.39 is 15.4 Å². The van der Waals surface area contributed by atoms with Crippen molar-refractivity contribution >= 4 is 26.8 Å². The fourth-order valence-electron chi connectivity index (χ4n) is 3.32. The van der Waals surface area contributed by atoms with Crippen molar-refractivity contribution in [3.05, 3.63) is 54.1 Å². The SMILES string of the molecule is C[C@]1(NC(=O)c2ccc(-c3nc4ccccc4[nH]3)cc2)CCS(=O)(=O)C1. The monoisotopic (exact) mass is 369 g/mol. The molecule has 0 saturated carbocycles. The summed E-state index contributed by atoms with van der Waals surface area (Å²) in [4.78, 5) is 20.3. The third kappa shape index (κ3) is 3.22. The van der Waals surface area contributed by atoms with Crippen LogP contribution in [0.1, 0.15) is 23.7 Å². The van der Waals surface area contributed by atoms with Crippen molar-refractivity contribution in [2.45, 2.75) is 18.9 Å².